The maximum absolute atomic E-state index is 12.1. The normalized spacial score (nSPS) is 10.5. The molecular weight excluding hydrogens is 418 g/mol. The van der Waals surface area contributed by atoms with E-state index in [-0.39, 0.29) is 11.7 Å². The first-order valence-electron chi connectivity index (χ1n) is 7.60. The van der Waals surface area contributed by atoms with Crippen LogP contribution in [0.25, 0.3) is 11.4 Å². The number of thioether (sulfide) groups is 1. The highest BCUT2D eigenvalue weighted by Crippen LogP contribution is 2.24. The van der Waals surface area contributed by atoms with Crippen molar-refractivity contribution in [1.29, 1.82) is 0 Å². The summed E-state index contributed by atoms with van der Waals surface area (Å²) >= 11 is 4.57. The summed E-state index contributed by atoms with van der Waals surface area (Å²) in [7, 11) is 1.59. The number of hydrogen-bond donors (Lipinski definition) is 2. The van der Waals surface area contributed by atoms with Crippen LogP contribution in [0.4, 0.5) is 5.69 Å². The van der Waals surface area contributed by atoms with Gasteiger partial charge in [0.15, 0.2) is 5.82 Å². The van der Waals surface area contributed by atoms with Gasteiger partial charge in [-0.15, -0.1) is 10.2 Å². The minimum absolute atomic E-state index is 0.150. The van der Waals surface area contributed by atoms with Crippen molar-refractivity contribution in [3.05, 3.63) is 53.0 Å². The summed E-state index contributed by atoms with van der Waals surface area (Å²) in [5.74, 6) is 7.30. The molecule has 3 rings (SSSR count). The molecule has 0 aliphatic heterocycles. The Kier molecular flexibility index (Phi) is 5.79. The Bertz CT molecular complexity index is 914. The minimum Gasteiger partial charge on any atom is -0.497 e. The number of nitrogens with zero attached hydrogens (tertiary/aromatic N) is 3. The van der Waals surface area contributed by atoms with Crippen LogP contribution < -0.4 is 15.9 Å². The highest BCUT2D eigenvalue weighted by Gasteiger charge is 2.14. The molecule has 0 saturated heterocycles. The van der Waals surface area contributed by atoms with Crippen molar-refractivity contribution in [1.82, 2.24) is 14.9 Å². The van der Waals surface area contributed by atoms with Crippen molar-refractivity contribution < 1.29 is 9.53 Å². The number of rotatable bonds is 6. The van der Waals surface area contributed by atoms with E-state index in [1.165, 1.54) is 16.4 Å². The first-order valence-corrected chi connectivity index (χ1v) is 9.38. The zero-order valence-corrected chi connectivity index (χ0v) is 16.3. The minimum atomic E-state index is -0.150. The van der Waals surface area contributed by atoms with E-state index in [4.69, 9.17) is 10.6 Å². The second-order valence-corrected chi connectivity index (χ2v) is 7.11. The maximum Gasteiger partial charge on any atom is 0.234 e. The number of hydrogen-bond acceptors (Lipinski definition) is 6. The molecule has 1 heterocycles. The van der Waals surface area contributed by atoms with Gasteiger partial charge in [-0.25, -0.2) is 4.68 Å². The van der Waals surface area contributed by atoms with Crippen LogP contribution in [-0.4, -0.2) is 33.6 Å². The molecule has 0 bridgehead atoms. The standard InChI is InChI=1S/C17H16BrN5O2S/c1-25-14-4-2-3-11(9-14)16-21-22-17(23(16)19)26-10-15(24)20-13-7-5-12(18)6-8-13/h2-9H,10,19H2,1H3,(H,20,24). The van der Waals surface area contributed by atoms with Crippen LogP contribution in [0.15, 0.2) is 58.2 Å². The maximum atomic E-state index is 12.1. The molecule has 3 N–H and O–H groups in total. The largest absolute Gasteiger partial charge is 0.497 e. The Balaban J connectivity index is 1.64. The SMILES string of the molecule is COc1cccc(-c2nnc(SCC(=O)Nc3ccc(Br)cc3)n2N)c1. The average Bonchev–Trinajstić information content (AvgIpc) is 3.02. The lowest BCUT2D eigenvalue weighted by Crippen LogP contribution is -2.16. The van der Waals surface area contributed by atoms with Crippen molar-refractivity contribution in [2.75, 3.05) is 24.0 Å². The monoisotopic (exact) mass is 433 g/mol. The van der Waals surface area contributed by atoms with Gasteiger partial charge >= 0.3 is 0 Å². The quantitative estimate of drug-likeness (QED) is 0.457. The van der Waals surface area contributed by atoms with Crippen molar-refractivity contribution in [3.63, 3.8) is 0 Å². The first-order chi connectivity index (χ1) is 12.6. The number of amides is 1. The number of aromatic nitrogens is 3. The molecule has 134 valence electrons. The fourth-order valence-corrected chi connectivity index (χ4v) is 3.12. The van der Waals surface area contributed by atoms with E-state index in [9.17, 15) is 4.79 Å². The second-order valence-electron chi connectivity index (χ2n) is 5.25. The van der Waals surface area contributed by atoms with Crippen LogP contribution >= 0.6 is 27.7 Å². The van der Waals surface area contributed by atoms with Gasteiger partial charge in [0.05, 0.1) is 12.9 Å². The molecule has 0 fully saturated rings. The molecule has 1 amide bonds. The topological polar surface area (TPSA) is 95.1 Å². The Morgan fingerprint density at radius 2 is 2.04 bits per heavy atom. The van der Waals surface area contributed by atoms with Crippen molar-refractivity contribution >= 4 is 39.3 Å². The predicted molar refractivity (Wildman–Crippen MR) is 106 cm³/mol. The van der Waals surface area contributed by atoms with Crippen molar-refractivity contribution in [2.24, 2.45) is 0 Å². The number of benzene rings is 2. The summed E-state index contributed by atoms with van der Waals surface area (Å²) in [6.07, 6.45) is 0. The smallest absolute Gasteiger partial charge is 0.234 e. The number of nitrogen functional groups attached to an aromatic ring is 1. The Morgan fingerprint density at radius 3 is 2.77 bits per heavy atom. The zero-order chi connectivity index (χ0) is 18.5. The molecule has 0 saturated carbocycles. The third-order valence-corrected chi connectivity index (χ3v) is 4.92. The molecule has 3 aromatic rings. The first kappa shape index (κ1) is 18.3. The molecule has 9 heteroatoms. The number of ether oxygens (including phenoxy) is 1. The Labute approximate surface area is 163 Å². The lowest BCUT2D eigenvalue weighted by molar-refractivity contribution is -0.113. The molecular formula is C17H16BrN5O2S. The van der Waals surface area contributed by atoms with Gasteiger partial charge in [-0.3, -0.25) is 4.79 Å². The number of halogens is 1. The van der Waals surface area contributed by atoms with Crippen LogP contribution in [-0.2, 0) is 4.79 Å². The highest BCUT2D eigenvalue weighted by molar-refractivity contribution is 9.10. The lowest BCUT2D eigenvalue weighted by atomic mass is 10.2. The summed E-state index contributed by atoms with van der Waals surface area (Å²) in [5, 5.41) is 11.4. The second kappa shape index (κ2) is 8.24. The van der Waals surface area contributed by atoms with Gasteiger partial charge in [0, 0.05) is 15.7 Å². The van der Waals surface area contributed by atoms with Gasteiger partial charge < -0.3 is 15.9 Å². The molecule has 0 unspecified atom stereocenters. The summed E-state index contributed by atoms with van der Waals surface area (Å²) < 4.78 is 7.52. The fourth-order valence-electron chi connectivity index (χ4n) is 2.19. The number of nitrogens with one attached hydrogen (secondary N) is 1. The molecule has 0 atom stereocenters. The van der Waals surface area contributed by atoms with E-state index in [1.54, 1.807) is 7.11 Å². The summed E-state index contributed by atoms with van der Waals surface area (Å²) in [6, 6.07) is 14.7. The van der Waals surface area contributed by atoms with Gasteiger partial charge in [-0.1, -0.05) is 39.8 Å². The average molecular weight is 434 g/mol. The number of carbonyl (C=O) groups is 1. The third kappa shape index (κ3) is 4.36. The van der Waals surface area contributed by atoms with Crippen LogP contribution in [0.5, 0.6) is 5.75 Å². The zero-order valence-electron chi connectivity index (χ0n) is 13.8. The van der Waals surface area contributed by atoms with E-state index in [1.807, 2.05) is 48.5 Å². The number of carbonyl (C=O) groups excluding carboxylic acids is 1. The molecule has 0 aliphatic carbocycles. The molecule has 0 radical (unpaired) electrons. The van der Waals surface area contributed by atoms with E-state index in [0.717, 1.165) is 15.7 Å². The van der Waals surface area contributed by atoms with E-state index >= 15 is 0 Å². The molecule has 7 nitrogen and oxygen atoms in total. The Morgan fingerprint density at radius 1 is 1.27 bits per heavy atom. The molecule has 0 spiro atoms. The predicted octanol–water partition coefficient (Wildman–Crippen LogP) is 3.16. The summed E-state index contributed by atoms with van der Waals surface area (Å²) in [4.78, 5) is 12.1. The van der Waals surface area contributed by atoms with E-state index in [0.29, 0.717) is 16.7 Å². The Hall–Kier alpha value is -2.52. The van der Waals surface area contributed by atoms with Crippen molar-refractivity contribution in [2.45, 2.75) is 5.16 Å². The van der Waals surface area contributed by atoms with Gasteiger partial charge in [0.2, 0.25) is 11.1 Å². The summed E-state index contributed by atoms with van der Waals surface area (Å²) in [5.41, 5.74) is 1.51. The fraction of sp³-hybridized carbons (Fsp3) is 0.118. The van der Waals surface area contributed by atoms with Gasteiger partial charge in [-0.05, 0) is 36.4 Å². The van der Waals surface area contributed by atoms with Gasteiger partial charge in [0.1, 0.15) is 5.75 Å². The van der Waals surface area contributed by atoms with E-state index < -0.39 is 0 Å². The lowest BCUT2D eigenvalue weighted by Gasteiger charge is -2.06. The van der Waals surface area contributed by atoms with Crippen LogP contribution in [0.3, 0.4) is 0 Å². The van der Waals surface area contributed by atoms with Crippen LogP contribution in [0.1, 0.15) is 0 Å². The number of nitrogens with two attached hydrogens (primary N) is 1. The van der Waals surface area contributed by atoms with Crippen molar-refractivity contribution in [3.8, 4) is 17.1 Å². The summed E-state index contributed by atoms with van der Waals surface area (Å²) in [6.45, 7) is 0. The van der Waals surface area contributed by atoms with E-state index in [2.05, 4.69) is 31.4 Å². The van der Waals surface area contributed by atoms with Gasteiger partial charge in [-0.2, -0.15) is 0 Å². The van der Waals surface area contributed by atoms with Crippen LogP contribution in [0, 0.1) is 0 Å². The molecule has 26 heavy (non-hydrogen) atoms. The van der Waals surface area contributed by atoms with Gasteiger partial charge in [0.25, 0.3) is 0 Å². The highest BCUT2D eigenvalue weighted by atomic mass is 79.9. The third-order valence-electron chi connectivity index (χ3n) is 3.45. The number of anilines is 1. The molecule has 2 aromatic carbocycles. The van der Waals surface area contributed by atoms with Crippen LogP contribution in [0.2, 0.25) is 0 Å². The number of methoxy groups -OCH3 is 1. The molecule has 0 aliphatic rings. The molecule has 1 aromatic heterocycles.